The van der Waals surface area contributed by atoms with E-state index >= 15 is 0 Å². The van der Waals surface area contributed by atoms with E-state index in [0.717, 1.165) is 24.0 Å². The van der Waals surface area contributed by atoms with Gasteiger partial charge in [-0.25, -0.2) is 0 Å². The molecule has 0 aromatic heterocycles. The van der Waals surface area contributed by atoms with Gasteiger partial charge in [-0.15, -0.1) is 0 Å². The molecule has 5 nitrogen and oxygen atoms in total. The minimum absolute atomic E-state index is 0.0444. The molecular weight excluding hydrogens is 414 g/mol. The SMILES string of the molecule is CC(C)c1cccc(CC(O)C=C[C@H]2CCCC(=O)N2CC=CCCCC(=O)O)c1Cl. The number of rotatable bonds is 11. The van der Waals surface area contributed by atoms with Gasteiger partial charge >= 0.3 is 5.97 Å². The van der Waals surface area contributed by atoms with Crippen molar-refractivity contribution in [1.29, 1.82) is 0 Å². The molecule has 0 aliphatic carbocycles. The van der Waals surface area contributed by atoms with E-state index in [1.165, 1.54) is 0 Å². The van der Waals surface area contributed by atoms with Gasteiger partial charge in [0.15, 0.2) is 0 Å². The molecule has 0 saturated carbocycles. The molecule has 1 aliphatic rings. The number of allylic oxidation sites excluding steroid dienone is 1. The van der Waals surface area contributed by atoms with Gasteiger partial charge in [0, 0.05) is 30.8 Å². The molecule has 1 heterocycles. The zero-order chi connectivity index (χ0) is 22.8. The number of aliphatic hydroxyl groups excluding tert-OH is 1. The summed E-state index contributed by atoms with van der Waals surface area (Å²) in [6, 6.07) is 5.88. The number of hydrogen-bond acceptors (Lipinski definition) is 3. The van der Waals surface area contributed by atoms with Gasteiger partial charge < -0.3 is 15.1 Å². The van der Waals surface area contributed by atoms with Gasteiger partial charge in [0.1, 0.15) is 0 Å². The highest BCUT2D eigenvalue weighted by molar-refractivity contribution is 6.32. The molecule has 1 fully saturated rings. The molecule has 170 valence electrons. The number of unbranched alkanes of at least 4 members (excludes halogenated alkanes) is 1. The van der Waals surface area contributed by atoms with Crippen LogP contribution < -0.4 is 0 Å². The van der Waals surface area contributed by atoms with E-state index in [9.17, 15) is 14.7 Å². The largest absolute Gasteiger partial charge is 0.481 e. The van der Waals surface area contributed by atoms with Crippen molar-refractivity contribution in [1.82, 2.24) is 4.90 Å². The summed E-state index contributed by atoms with van der Waals surface area (Å²) in [6.07, 6.45) is 11.0. The Balaban J connectivity index is 1.95. The molecule has 1 aliphatic heterocycles. The molecule has 1 aromatic carbocycles. The summed E-state index contributed by atoms with van der Waals surface area (Å²) in [7, 11) is 0. The summed E-state index contributed by atoms with van der Waals surface area (Å²) in [5.41, 5.74) is 2.00. The highest BCUT2D eigenvalue weighted by Gasteiger charge is 2.25. The monoisotopic (exact) mass is 447 g/mol. The van der Waals surface area contributed by atoms with E-state index in [2.05, 4.69) is 13.8 Å². The maximum absolute atomic E-state index is 12.4. The van der Waals surface area contributed by atoms with E-state index in [4.69, 9.17) is 16.7 Å². The number of halogens is 1. The first-order valence-corrected chi connectivity index (χ1v) is 11.5. The second-order valence-electron chi connectivity index (χ2n) is 8.39. The quantitative estimate of drug-likeness (QED) is 0.364. The van der Waals surface area contributed by atoms with E-state index in [-0.39, 0.29) is 18.4 Å². The van der Waals surface area contributed by atoms with Crippen LogP contribution in [0.1, 0.15) is 69.4 Å². The number of aliphatic carboxylic acids is 1. The van der Waals surface area contributed by atoms with Crippen LogP contribution in [0.2, 0.25) is 5.02 Å². The minimum Gasteiger partial charge on any atom is -0.481 e. The lowest BCUT2D eigenvalue weighted by atomic mass is 9.97. The molecule has 1 aromatic rings. The Morgan fingerprint density at radius 2 is 2.10 bits per heavy atom. The average molecular weight is 448 g/mol. The highest BCUT2D eigenvalue weighted by Crippen LogP contribution is 2.28. The Morgan fingerprint density at radius 1 is 1.32 bits per heavy atom. The molecule has 0 spiro atoms. The van der Waals surface area contributed by atoms with E-state index in [1.807, 2.05) is 41.3 Å². The van der Waals surface area contributed by atoms with Crippen molar-refractivity contribution in [2.24, 2.45) is 0 Å². The lowest BCUT2D eigenvalue weighted by molar-refractivity contribution is -0.137. The molecule has 0 radical (unpaired) electrons. The van der Waals surface area contributed by atoms with Crippen LogP contribution in [0.25, 0.3) is 0 Å². The molecule has 2 atom stereocenters. The van der Waals surface area contributed by atoms with Crippen LogP contribution in [0.5, 0.6) is 0 Å². The van der Waals surface area contributed by atoms with Gasteiger partial charge in [-0.3, -0.25) is 9.59 Å². The number of amides is 1. The van der Waals surface area contributed by atoms with Gasteiger partial charge in [-0.1, -0.05) is 68.0 Å². The fraction of sp³-hybridized carbons (Fsp3) is 0.520. The minimum atomic E-state index is -0.791. The average Bonchev–Trinajstić information content (AvgIpc) is 2.71. The first-order valence-electron chi connectivity index (χ1n) is 11.1. The molecule has 1 saturated heterocycles. The molecule has 31 heavy (non-hydrogen) atoms. The third-order valence-corrected chi connectivity index (χ3v) is 6.02. The van der Waals surface area contributed by atoms with Crippen molar-refractivity contribution in [3.8, 4) is 0 Å². The number of benzene rings is 1. The number of hydrogen-bond donors (Lipinski definition) is 2. The van der Waals surface area contributed by atoms with Crippen molar-refractivity contribution >= 4 is 23.5 Å². The molecule has 1 unspecified atom stereocenters. The maximum atomic E-state index is 12.4. The summed E-state index contributed by atoms with van der Waals surface area (Å²) in [5.74, 6) is -0.363. The fourth-order valence-corrected chi connectivity index (χ4v) is 4.24. The fourth-order valence-electron chi connectivity index (χ4n) is 3.81. The van der Waals surface area contributed by atoms with Crippen LogP contribution in [0.3, 0.4) is 0 Å². The van der Waals surface area contributed by atoms with Gasteiger partial charge in [0.05, 0.1) is 12.1 Å². The molecule has 1 amide bonds. The molecule has 2 N–H and O–H groups in total. The van der Waals surface area contributed by atoms with Crippen molar-refractivity contribution in [2.45, 2.75) is 76.9 Å². The summed E-state index contributed by atoms with van der Waals surface area (Å²) in [4.78, 5) is 24.8. The van der Waals surface area contributed by atoms with E-state index < -0.39 is 12.1 Å². The maximum Gasteiger partial charge on any atom is 0.303 e. The standard InChI is InChI=1S/C25H34ClNO4/c1-18(2)22-11-7-9-19(25(22)26)17-21(28)15-14-20-10-8-12-23(29)27(20)16-6-4-3-5-13-24(30)31/h4,6-7,9,11,14-15,18,20-21,28H,3,5,8,10,12-13,16-17H2,1-2H3,(H,30,31)/t20-,21?/m1/s1. The van der Waals surface area contributed by atoms with E-state index in [0.29, 0.717) is 43.2 Å². The van der Waals surface area contributed by atoms with Crippen LogP contribution >= 0.6 is 11.6 Å². The Kier molecular flexibility index (Phi) is 10.3. The predicted octanol–water partition coefficient (Wildman–Crippen LogP) is 5.12. The van der Waals surface area contributed by atoms with E-state index in [1.54, 1.807) is 6.08 Å². The summed E-state index contributed by atoms with van der Waals surface area (Å²) in [6.45, 7) is 4.69. The summed E-state index contributed by atoms with van der Waals surface area (Å²) < 4.78 is 0. The number of piperidine rings is 1. The first-order chi connectivity index (χ1) is 14.8. The Labute approximate surface area is 190 Å². The van der Waals surface area contributed by atoms with Gasteiger partial charge in [-0.05, 0) is 42.7 Å². The van der Waals surface area contributed by atoms with Gasteiger partial charge in [0.2, 0.25) is 5.91 Å². The van der Waals surface area contributed by atoms with Gasteiger partial charge in [-0.2, -0.15) is 0 Å². The second kappa shape index (κ2) is 12.7. The van der Waals surface area contributed by atoms with Crippen LogP contribution in [-0.4, -0.2) is 45.7 Å². The number of carboxylic acids is 1. The van der Waals surface area contributed by atoms with Crippen molar-refractivity contribution in [2.75, 3.05) is 6.54 Å². The number of carbonyl (C=O) groups excluding carboxylic acids is 1. The van der Waals surface area contributed by atoms with Crippen LogP contribution in [-0.2, 0) is 16.0 Å². The number of aliphatic hydroxyl groups is 1. The normalized spacial score (nSPS) is 18.4. The summed E-state index contributed by atoms with van der Waals surface area (Å²) >= 11 is 6.52. The third kappa shape index (κ3) is 8.15. The number of carbonyl (C=O) groups is 2. The topological polar surface area (TPSA) is 77.8 Å². The Bertz CT molecular complexity index is 803. The Hall–Kier alpha value is -2.11. The number of carboxylic acid groups (broad SMARTS) is 1. The molecular formula is C25H34ClNO4. The molecule has 6 heteroatoms. The zero-order valence-electron chi connectivity index (χ0n) is 18.5. The van der Waals surface area contributed by atoms with Crippen molar-refractivity contribution in [3.05, 3.63) is 58.7 Å². The smallest absolute Gasteiger partial charge is 0.303 e. The third-order valence-electron chi connectivity index (χ3n) is 5.56. The lowest BCUT2D eigenvalue weighted by Gasteiger charge is -2.33. The zero-order valence-corrected chi connectivity index (χ0v) is 19.2. The van der Waals surface area contributed by atoms with Crippen molar-refractivity contribution in [3.63, 3.8) is 0 Å². The molecule has 0 bridgehead atoms. The van der Waals surface area contributed by atoms with Crippen molar-refractivity contribution < 1.29 is 19.8 Å². The highest BCUT2D eigenvalue weighted by atomic mass is 35.5. The van der Waals surface area contributed by atoms with Crippen LogP contribution in [0, 0.1) is 0 Å². The lowest BCUT2D eigenvalue weighted by Crippen LogP contribution is -2.42. The van der Waals surface area contributed by atoms with Crippen LogP contribution in [0.15, 0.2) is 42.5 Å². The Morgan fingerprint density at radius 3 is 2.81 bits per heavy atom. The molecule has 2 rings (SSSR count). The number of likely N-dealkylation sites (tertiary alicyclic amines) is 1. The summed E-state index contributed by atoms with van der Waals surface area (Å²) in [5, 5.41) is 19.9. The first kappa shape index (κ1) is 25.2. The second-order valence-corrected chi connectivity index (χ2v) is 8.77. The van der Waals surface area contributed by atoms with Crippen LogP contribution in [0.4, 0.5) is 0 Å². The predicted molar refractivity (Wildman–Crippen MR) is 124 cm³/mol. The van der Waals surface area contributed by atoms with Gasteiger partial charge in [0.25, 0.3) is 0 Å². The number of nitrogens with zero attached hydrogens (tertiary/aromatic N) is 1.